The van der Waals surface area contributed by atoms with Gasteiger partial charge in [0, 0.05) is 12.2 Å². The second kappa shape index (κ2) is 6.69. The predicted octanol–water partition coefficient (Wildman–Crippen LogP) is 3.12. The van der Waals surface area contributed by atoms with Gasteiger partial charge in [-0.25, -0.2) is 4.52 Å². The zero-order valence-corrected chi connectivity index (χ0v) is 14.2. The van der Waals surface area contributed by atoms with Gasteiger partial charge >= 0.3 is 0 Å². The summed E-state index contributed by atoms with van der Waals surface area (Å²) in [5.74, 6) is -0.0594. The van der Waals surface area contributed by atoms with Gasteiger partial charge in [0.25, 0.3) is 5.91 Å². The molecule has 4 rings (SSSR count). The number of carbonyl (C=O) groups excluding carboxylic acids is 1. The summed E-state index contributed by atoms with van der Waals surface area (Å²) in [6.07, 6.45) is 5.43. The van der Waals surface area contributed by atoms with Crippen molar-refractivity contribution >= 4 is 11.4 Å². The average molecular weight is 335 g/mol. The lowest BCUT2D eigenvalue weighted by atomic mass is 9.89. The van der Waals surface area contributed by atoms with Gasteiger partial charge in [0.05, 0.1) is 30.0 Å². The second-order valence-corrected chi connectivity index (χ2v) is 6.60. The number of nitrogens with zero attached hydrogens (tertiary/aromatic N) is 2. The van der Waals surface area contributed by atoms with Crippen LogP contribution < -0.4 is 5.32 Å². The molecule has 1 fully saturated rings. The number of carbonyl (C=O) groups is 1. The van der Waals surface area contributed by atoms with Gasteiger partial charge < -0.3 is 10.1 Å². The highest BCUT2D eigenvalue weighted by molar-refractivity contribution is 6.01. The molecule has 0 unspecified atom stereocenters. The fourth-order valence-corrected chi connectivity index (χ4v) is 3.25. The number of nitrogens with one attached hydrogen (secondary N) is 1. The lowest BCUT2D eigenvalue weighted by molar-refractivity contribution is -0.0251. The minimum Gasteiger partial charge on any atom is -0.373 e. The summed E-state index contributed by atoms with van der Waals surface area (Å²) in [6, 6.07) is 14.2. The molecule has 1 N–H and O–H groups in total. The van der Waals surface area contributed by atoms with Crippen LogP contribution in [0, 0.1) is 6.92 Å². The van der Waals surface area contributed by atoms with E-state index in [4.69, 9.17) is 4.74 Å². The molecule has 5 nitrogen and oxygen atoms in total. The van der Waals surface area contributed by atoms with E-state index in [1.54, 1.807) is 10.7 Å². The first-order valence-corrected chi connectivity index (χ1v) is 8.60. The molecule has 25 heavy (non-hydrogen) atoms. The first kappa shape index (κ1) is 15.8. The average Bonchev–Trinajstić information content (AvgIpc) is 3.03. The molecule has 128 valence electrons. The molecule has 1 aliphatic carbocycles. The molecule has 0 radical (unpaired) electrons. The first-order chi connectivity index (χ1) is 12.2. The van der Waals surface area contributed by atoms with Crippen molar-refractivity contribution in [1.82, 2.24) is 14.9 Å². The summed E-state index contributed by atoms with van der Waals surface area (Å²) in [5, 5.41) is 7.35. The van der Waals surface area contributed by atoms with Crippen molar-refractivity contribution < 1.29 is 9.53 Å². The number of hydrogen-bond donors (Lipinski definition) is 1. The van der Waals surface area contributed by atoms with Gasteiger partial charge in [0.2, 0.25) is 0 Å². The quantitative estimate of drug-likeness (QED) is 0.779. The van der Waals surface area contributed by atoms with Crippen molar-refractivity contribution in [2.75, 3.05) is 0 Å². The molecule has 1 aliphatic rings. The molecule has 2 heterocycles. The number of ether oxygens (including phenoxy) is 1. The van der Waals surface area contributed by atoms with Crippen LogP contribution in [0.3, 0.4) is 0 Å². The van der Waals surface area contributed by atoms with E-state index in [-0.39, 0.29) is 18.1 Å². The molecule has 0 spiro atoms. The Hall–Kier alpha value is -2.66. The summed E-state index contributed by atoms with van der Waals surface area (Å²) in [6.45, 7) is 2.62. The Labute approximate surface area is 146 Å². The molecule has 1 amide bonds. The number of fused-ring (bicyclic) bond motifs is 1. The van der Waals surface area contributed by atoms with Gasteiger partial charge in [0.1, 0.15) is 0 Å². The molecule has 2 aromatic heterocycles. The zero-order chi connectivity index (χ0) is 17.2. The van der Waals surface area contributed by atoms with Crippen molar-refractivity contribution in [2.45, 2.75) is 38.5 Å². The predicted molar refractivity (Wildman–Crippen MR) is 95.4 cm³/mol. The highest BCUT2D eigenvalue weighted by atomic mass is 16.5. The fraction of sp³-hybridized carbons (Fsp3) is 0.300. The highest BCUT2D eigenvalue weighted by Crippen LogP contribution is 2.25. The number of pyridine rings is 1. The van der Waals surface area contributed by atoms with Crippen LogP contribution in [0.5, 0.6) is 0 Å². The van der Waals surface area contributed by atoms with Crippen molar-refractivity contribution in [1.29, 1.82) is 0 Å². The smallest absolute Gasteiger partial charge is 0.255 e. The fourth-order valence-electron chi connectivity index (χ4n) is 3.25. The van der Waals surface area contributed by atoms with Crippen LogP contribution in [0.15, 0.2) is 54.9 Å². The van der Waals surface area contributed by atoms with Gasteiger partial charge in [-0.2, -0.15) is 5.10 Å². The summed E-state index contributed by atoms with van der Waals surface area (Å²) in [5.41, 5.74) is 3.72. The summed E-state index contributed by atoms with van der Waals surface area (Å²) < 4.78 is 7.63. The molecule has 1 saturated carbocycles. The Balaban J connectivity index is 1.31. The zero-order valence-electron chi connectivity index (χ0n) is 14.2. The van der Waals surface area contributed by atoms with E-state index in [1.165, 1.54) is 5.56 Å². The van der Waals surface area contributed by atoms with Gasteiger partial charge in [0.15, 0.2) is 0 Å². The summed E-state index contributed by atoms with van der Waals surface area (Å²) >= 11 is 0. The maximum absolute atomic E-state index is 12.6. The van der Waals surface area contributed by atoms with Gasteiger partial charge in [-0.15, -0.1) is 0 Å². The molecule has 0 atom stereocenters. The van der Waals surface area contributed by atoms with Gasteiger partial charge in [-0.1, -0.05) is 36.4 Å². The standard InChI is InChI=1S/C20H21N3O2/c1-14-6-5-9-23-19(14)18(12-21-23)20(24)22-16-10-17(11-16)25-13-15-7-3-2-4-8-15/h2-9,12,16-17H,10-11,13H2,1H3,(H,22,24). The van der Waals surface area contributed by atoms with Crippen molar-refractivity contribution in [3.05, 3.63) is 71.5 Å². The number of rotatable bonds is 5. The third kappa shape index (κ3) is 3.28. The maximum Gasteiger partial charge on any atom is 0.255 e. The molecular weight excluding hydrogens is 314 g/mol. The number of benzene rings is 1. The molecule has 0 saturated heterocycles. The number of hydrogen-bond acceptors (Lipinski definition) is 3. The van der Waals surface area contributed by atoms with E-state index in [2.05, 4.69) is 22.5 Å². The number of aryl methyl sites for hydroxylation is 1. The van der Waals surface area contributed by atoms with Crippen LogP contribution in [-0.2, 0) is 11.3 Å². The Morgan fingerprint density at radius 3 is 2.84 bits per heavy atom. The number of amides is 1. The topological polar surface area (TPSA) is 55.6 Å². The normalized spacial score (nSPS) is 19.6. The van der Waals surface area contributed by atoms with E-state index in [9.17, 15) is 4.79 Å². The molecular formula is C20H21N3O2. The lowest BCUT2D eigenvalue weighted by Gasteiger charge is -2.35. The highest BCUT2D eigenvalue weighted by Gasteiger charge is 2.31. The Bertz CT molecular complexity index is 882. The Kier molecular flexibility index (Phi) is 4.24. The molecule has 3 aromatic rings. The molecule has 1 aromatic carbocycles. The van der Waals surface area contributed by atoms with E-state index < -0.39 is 0 Å². The first-order valence-electron chi connectivity index (χ1n) is 8.60. The SMILES string of the molecule is Cc1cccn2ncc(C(=O)NC3CC(OCc4ccccc4)C3)c12. The third-order valence-electron chi connectivity index (χ3n) is 4.75. The van der Waals surface area contributed by atoms with E-state index in [0.717, 1.165) is 23.9 Å². The van der Waals surface area contributed by atoms with E-state index >= 15 is 0 Å². The van der Waals surface area contributed by atoms with Crippen molar-refractivity contribution in [2.24, 2.45) is 0 Å². The minimum atomic E-state index is -0.0594. The van der Waals surface area contributed by atoms with E-state index in [0.29, 0.717) is 12.2 Å². The minimum absolute atomic E-state index is 0.0594. The van der Waals surface area contributed by atoms with Crippen molar-refractivity contribution in [3.8, 4) is 0 Å². The Morgan fingerprint density at radius 1 is 1.24 bits per heavy atom. The van der Waals surface area contributed by atoms with Crippen LogP contribution in [0.25, 0.3) is 5.52 Å². The van der Waals surface area contributed by atoms with Gasteiger partial charge in [-0.05, 0) is 37.0 Å². The lowest BCUT2D eigenvalue weighted by Crippen LogP contribution is -2.47. The summed E-state index contributed by atoms with van der Waals surface area (Å²) in [4.78, 5) is 12.6. The maximum atomic E-state index is 12.6. The Morgan fingerprint density at radius 2 is 2.04 bits per heavy atom. The summed E-state index contributed by atoms with van der Waals surface area (Å²) in [7, 11) is 0. The van der Waals surface area contributed by atoms with Crippen LogP contribution >= 0.6 is 0 Å². The van der Waals surface area contributed by atoms with Crippen LogP contribution in [-0.4, -0.2) is 27.7 Å². The molecule has 0 bridgehead atoms. The molecule has 5 heteroatoms. The monoisotopic (exact) mass is 335 g/mol. The van der Waals surface area contributed by atoms with E-state index in [1.807, 2.05) is 43.5 Å². The largest absolute Gasteiger partial charge is 0.373 e. The van der Waals surface area contributed by atoms with Gasteiger partial charge in [-0.3, -0.25) is 4.79 Å². The third-order valence-corrected chi connectivity index (χ3v) is 4.75. The van der Waals surface area contributed by atoms with Crippen LogP contribution in [0.2, 0.25) is 0 Å². The van der Waals surface area contributed by atoms with Crippen LogP contribution in [0.1, 0.15) is 34.3 Å². The molecule has 0 aliphatic heterocycles. The number of aromatic nitrogens is 2. The van der Waals surface area contributed by atoms with Crippen molar-refractivity contribution in [3.63, 3.8) is 0 Å². The van der Waals surface area contributed by atoms with Crippen LogP contribution in [0.4, 0.5) is 0 Å². The second-order valence-electron chi connectivity index (χ2n) is 6.60.